The number of hydrogen-bond donors (Lipinski definition) is 1. The molecule has 2 heterocycles. The van der Waals surface area contributed by atoms with Gasteiger partial charge < -0.3 is 9.47 Å². The van der Waals surface area contributed by atoms with Gasteiger partial charge in [0.25, 0.3) is 6.47 Å². The minimum absolute atomic E-state index is 0.0459. The summed E-state index contributed by atoms with van der Waals surface area (Å²) in [7, 11) is 0. The molecule has 30 heavy (non-hydrogen) atoms. The third-order valence-electron chi connectivity index (χ3n) is 5.87. The summed E-state index contributed by atoms with van der Waals surface area (Å²) in [6.45, 7) is 12.2. The Morgan fingerprint density at radius 2 is 1.63 bits per heavy atom. The van der Waals surface area contributed by atoms with Crippen LogP contribution in [0, 0.1) is 6.92 Å². The lowest BCUT2D eigenvalue weighted by molar-refractivity contribution is -0.135. The average Bonchev–Trinajstić information content (AvgIpc) is 2.73. The Balaban J connectivity index is 1.32. The average molecular weight is 416 g/mol. The van der Waals surface area contributed by atoms with Gasteiger partial charge in [0.1, 0.15) is 12.2 Å². The number of carbonyl (C=O) groups excluding carboxylic acids is 2. The molecule has 0 atom stereocenters. The summed E-state index contributed by atoms with van der Waals surface area (Å²) in [4.78, 5) is 27.4. The van der Waals surface area contributed by atoms with Crippen LogP contribution in [0.15, 0.2) is 36.4 Å². The van der Waals surface area contributed by atoms with Gasteiger partial charge in [-0.3, -0.25) is 19.9 Å². The lowest BCUT2D eigenvalue weighted by atomic mass is 10.1. The zero-order valence-electron chi connectivity index (χ0n) is 17.8. The number of hydrogen-bond acceptors (Lipinski definition) is 6. The zero-order valence-corrected chi connectivity index (χ0v) is 17.8. The third-order valence-corrected chi connectivity index (χ3v) is 5.87. The van der Waals surface area contributed by atoms with E-state index in [1.807, 2.05) is 31.2 Å². The molecule has 0 radical (unpaired) electrons. The van der Waals surface area contributed by atoms with Crippen molar-refractivity contribution >= 4 is 18.3 Å². The standard InChI is InChI=1S/C23H33N3O4/c1-18(15-25-11-7-20(8-12-25)29-17-27)16-26-13-9-21(10-14-26)30-23(28)24-22-6-4-3-5-19(22)2/h3-6,17,20-21H,1,7-16H2,2H3,(H,24,28). The van der Waals surface area contributed by atoms with Crippen LogP contribution in [-0.2, 0) is 14.3 Å². The number of benzene rings is 1. The first-order chi connectivity index (χ1) is 14.5. The number of ether oxygens (including phenoxy) is 2. The number of carbonyl (C=O) groups is 2. The molecule has 0 aromatic heterocycles. The molecule has 1 amide bonds. The van der Waals surface area contributed by atoms with Gasteiger partial charge in [-0.2, -0.15) is 0 Å². The summed E-state index contributed by atoms with van der Waals surface area (Å²) in [5, 5.41) is 2.83. The molecule has 0 saturated carbocycles. The van der Waals surface area contributed by atoms with Crippen molar-refractivity contribution in [1.82, 2.24) is 9.80 Å². The van der Waals surface area contributed by atoms with Gasteiger partial charge in [-0.15, -0.1) is 0 Å². The molecular weight excluding hydrogens is 382 g/mol. The van der Waals surface area contributed by atoms with Crippen molar-refractivity contribution in [2.75, 3.05) is 44.6 Å². The molecule has 2 aliphatic rings. The van der Waals surface area contributed by atoms with Crippen molar-refractivity contribution in [1.29, 1.82) is 0 Å². The molecule has 0 unspecified atom stereocenters. The van der Waals surface area contributed by atoms with Crippen LogP contribution < -0.4 is 5.32 Å². The first-order valence-corrected chi connectivity index (χ1v) is 10.8. The minimum atomic E-state index is -0.380. The fraction of sp³-hybridized carbons (Fsp3) is 0.565. The number of anilines is 1. The lowest BCUT2D eigenvalue weighted by Gasteiger charge is -2.34. The molecule has 2 fully saturated rings. The van der Waals surface area contributed by atoms with Crippen molar-refractivity contribution in [3.8, 4) is 0 Å². The molecule has 1 aromatic rings. The van der Waals surface area contributed by atoms with Crippen LogP contribution in [0.4, 0.5) is 10.5 Å². The highest BCUT2D eigenvalue weighted by molar-refractivity contribution is 5.85. The van der Waals surface area contributed by atoms with Crippen LogP contribution >= 0.6 is 0 Å². The molecule has 2 saturated heterocycles. The Kier molecular flexibility index (Phi) is 8.28. The van der Waals surface area contributed by atoms with Crippen LogP contribution in [0.3, 0.4) is 0 Å². The highest BCUT2D eigenvalue weighted by atomic mass is 16.6. The Labute approximate surface area is 179 Å². The molecule has 0 spiro atoms. The van der Waals surface area contributed by atoms with E-state index in [-0.39, 0.29) is 18.3 Å². The normalized spacial score (nSPS) is 19.2. The maximum absolute atomic E-state index is 12.2. The Morgan fingerprint density at radius 1 is 1.07 bits per heavy atom. The van der Waals surface area contributed by atoms with Crippen molar-refractivity contribution in [3.63, 3.8) is 0 Å². The maximum atomic E-state index is 12.2. The largest absolute Gasteiger partial charge is 0.464 e. The topological polar surface area (TPSA) is 71.1 Å². The van der Waals surface area contributed by atoms with E-state index < -0.39 is 0 Å². The highest BCUT2D eigenvalue weighted by Crippen LogP contribution is 2.19. The van der Waals surface area contributed by atoms with Gasteiger partial charge in [0.15, 0.2) is 0 Å². The second kappa shape index (κ2) is 11.1. The SMILES string of the molecule is C=C(CN1CCC(OC=O)CC1)CN1CCC(OC(=O)Nc2ccccc2C)CC1. The lowest BCUT2D eigenvalue weighted by Crippen LogP contribution is -2.42. The molecule has 1 N–H and O–H groups in total. The maximum Gasteiger partial charge on any atom is 0.411 e. The Bertz CT molecular complexity index is 723. The minimum Gasteiger partial charge on any atom is -0.464 e. The quantitative estimate of drug-likeness (QED) is 0.519. The summed E-state index contributed by atoms with van der Waals surface area (Å²) in [6.07, 6.45) is 3.09. The van der Waals surface area contributed by atoms with Crippen LogP contribution in [0.5, 0.6) is 0 Å². The second-order valence-electron chi connectivity index (χ2n) is 8.28. The predicted molar refractivity (Wildman–Crippen MR) is 116 cm³/mol. The Hall–Kier alpha value is -2.38. The van der Waals surface area contributed by atoms with E-state index in [0.29, 0.717) is 6.47 Å². The van der Waals surface area contributed by atoms with E-state index >= 15 is 0 Å². The fourth-order valence-electron chi connectivity index (χ4n) is 4.15. The monoisotopic (exact) mass is 415 g/mol. The number of aryl methyl sites for hydroxylation is 1. The zero-order chi connectivity index (χ0) is 21.3. The number of nitrogens with one attached hydrogen (secondary N) is 1. The van der Waals surface area contributed by atoms with Gasteiger partial charge in [0, 0.05) is 45.0 Å². The molecule has 164 valence electrons. The summed E-state index contributed by atoms with van der Waals surface area (Å²) >= 11 is 0. The highest BCUT2D eigenvalue weighted by Gasteiger charge is 2.24. The van der Waals surface area contributed by atoms with E-state index in [2.05, 4.69) is 21.7 Å². The van der Waals surface area contributed by atoms with E-state index in [4.69, 9.17) is 9.47 Å². The number of piperidine rings is 2. The molecular formula is C23H33N3O4. The van der Waals surface area contributed by atoms with Gasteiger partial charge in [0.2, 0.25) is 0 Å². The van der Waals surface area contributed by atoms with Crippen molar-refractivity contribution in [3.05, 3.63) is 42.0 Å². The van der Waals surface area contributed by atoms with Gasteiger partial charge in [-0.05, 0) is 49.8 Å². The van der Waals surface area contributed by atoms with Crippen LogP contribution in [-0.4, -0.2) is 73.8 Å². The van der Waals surface area contributed by atoms with Crippen LogP contribution in [0.1, 0.15) is 31.2 Å². The molecule has 1 aromatic carbocycles. The van der Waals surface area contributed by atoms with Crippen LogP contribution in [0.25, 0.3) is 0 Å². The predicted octanol–water partition coefficient (Wildman–Crippen LogP) is 3.20. The molecule has 0 bridgehead atoms. The molecule has 7 nitrogen and oxygen atoms in total. The molecule has 7 heteroatoms. The summed E-state index contributed by atoms with van der Waals surface area (Å²) in [5.41, 5.74) is 3.00. The second-order valence-corrected chi connectivity index (χ2v) is 8.28. The Morgan fingerprint density at radius 3 is 2.20 bits per heavy atom. The van der Waals surface area contributed by atoms with Crippen molar-refractivity contribution in [2.45, 2.75) is 44.8 Å². The summed E-state index contributed by atoms with van der Waals surface area (Å²) < 4.78 is 10.7. The van der Waals surface area contributed by atoms with Gasteiger partial charge in [-0.1, -0.05) is 24.8 Å². The number of para-hydroxylation sites is 1. The number of nitrogens with zero attached hydrogens (tertiary/aromatic N) is 2. The van der Waals surface area contributed by atoms with Crippen molar-refractivity contribution in [2.24, 2.45) is 0 Å². The first-order valence-electron chi connectivity index (χ1n) is 10.8. The molecule has 3 rings (SSSR count). The van der Waals surface area contributed by atoms with E-state index in [1.165, 1.54) is 5.57 Å². The summed E-state index contributed by atoms with van der Waals surface area (Å²) in [5.74, 6) is 0. The van der Waals surface area contributed by atoms with E-state index in [1.54, 1.807) is 0 Å². The fourth-order valence-corrected chi connectivity index (χ4v) is 4.15. The van der Waals surface area contributed by atoms with E-state index in [0.717, 1.165) is 76.2 Å². The van der Waals surface area contributed by atoms with Crippen LogP contribution in [0.2, 0.25) is 0 Å². The van der Waals surface area contributed by atoms with Gasteiger partial charge >= 0.3 is 6.09 Å². The van der Waals surface area contributed by atoms with Gasteiger partial charge in [0.05, 0.1) is 0 Å². The smallest absolute Gasteiger partial charge is 0.411 e. The molecule has 0 aliphatic carbocycles. The van der Waals surface area contributed by atoms with E-state index in [9.17, 15) is 9.59 Å². The first kappa shape index (κ1) is 22.3. The van der Waals surface area contributed by atoms with Gasteiger partial charge in [-0.25, -0.2) is 4.79 Å². The number of likely N-dealkylation sites (tertiary alicyclic amines) is 2. The third kappa shape index (κ3) is 6.85. The van der Waals surface area contributed by atoms with Crippen molar-refractivity contribution < 1.29 is 19.1 Å². The number of rotatable bonds is 8. The molecule has 2 aliphatic heterocycles. The summed E-state index contributed by atoms with van der Waals surface area (Å²) in [6, 6.07) is 7.68. The number of amides is 1.